The Labute approximate surface area is 258 Å². The van der Waals surface area contributed by atoms with Crippen molar-refractivity contribution in [2.45, 2.75) is 96.8 Å². The summed E-state index contributed by atoms with van der Waals surface area (Å²) in [7, 11) is 0. The van der Waals surface area contributed by atoms with Crippen molar-refractivity contribution in [2.24, 2.45) is 0 Å². The smallest absolute Gasteiger partial charge is 0.330 e. The topological polar surface area (TPSA) is 95.1 Å². The van der Waals surface area contributed by atoms with Gasteiger partial charge in [-0.3, -0.25) is 4.79 Å². The third-order valence-corrected chi connectivity index (χ3v) is 6.89. The van der Waals surface area contributed by atoms with Crippen LogP contribution in [0.1, 0.15) is 96.8 Å². The average molecular weight is 597 g/mol. The number of benzene rings is 2. The fraction of sp³-hybridized carbons (Fsp3) is 0.543. The van der Waals surface area contributed by atoms with E-state index in [-0.39, 0.29) is 11.9 Å². The lowest BCUT2D eigenvalue weighted by molar-refractivity contribution is -0.141. The molecule has 2 aromatic carbocycles. The van der Waals surface area contributed by atoms with E-state index in [0.717, 1.165) is 93.9 Å². The standard InChI is InChI=1S/C35H52N2O6/c1-3-35(39)43-29-17-13-9-5-8-12-16-28-42-34-24-20-32(21-25-34)37-36-31-18-22-33(23-19-31)41-27-15-11-7-4-6-10-14-26-40-30(2)38/h3,18-25,36-37H,1,4-17,26-29H2,2H3. The maximum Gasteiger partial charge on any atom is 0.330 e. The van der Waals surface area contributed by atoms with Crippen molar-refractivity contribution >= 4 is 23.3 Å². The predicted octanol–water partition coefficient (Wildman–Crippen LogP) is 8.64. The molecule has 0 spiro atoms. The lowest BCUT2D eigenvalue weighted by atomic mass is 10.1. The largest absolute Gasteiger partial charge is 0.494 e. The molecule has 0 heterocycles. The molecule has 2 aromatic rings. The first-order valence-electron chi connectivity index (χ1n) is 16.0. The Kier molecular flexibility index (Phi) is 19.7. The Morgan fingerprint density at radius 1 is 0.558 bits per heavy atom. The van der Waals surface area contributed by atoms with Gasteiger partial charge in [0.15, 0.2) is 0 Å². The van der Waals surface area contributed by atoms with Crippen molar-refractivity contribution in [3.8, 4) is 11.5 Å². The summed E-state index contributed by atoms with van der Waals surface area (Å²) in [6.45, 7) is 7.31. The second-order valence-electron chi connectivity index (χ2n) is 10.7. The van der Waals surface area contributed by atoms with Crippen LogP contribution >= 0.6 is 0 Å². The van der Waals surface area contributed by atoms with Crippen LogP contribution in [-0.2, 0) is 19.1 Å². The normalized spacial score (nSPS) is 10.5. The molecule has 0 fully saturated rings. The van der Waals surface area contributed by atoms with Gasteiger partial charge in [-0.1, -0.05) is 70.8 Å². The van der Waals surface area contributed by atoms with Crippen molar-refractivity contribution in [2.75, 3.05) is 37.3 Å². The molecule has 43 heavy (non-hydrogen) atoms. The first kappa shape index (κ1) is 35.5. The highest BCUT2D eigenvalue weighted by Gasteiger charge is 2.00. The van der Waals surface area contributed by atoms with Gasteiger partial charge < -0.3 is 29.8 Å². The monoisotopic (exact) mass is 596 g/mol. The highest BCUT2D eigenvalue weighted by atomic mass is 16.5. The number of nitrogens with one attached hydrogen (secondary N) is 2. The minimum absolute atomic E-state index is 0.194. The summed E-state index contributed by atoms with van der Waals surface area (Å²) in [4.78, 5) is 21.7. The van der Waals surface area contributed by atoms with E-state index >= 15 is 0 Å². The number of unbranched alkanes of at least 4 members (excludes halogenated alkanes) is 12. The van der Waals surface area contributed by atoms with E-state index in [2.05, 4.69) is 17.4 Å². The third-order valence-electron chi connectivity index (χ3n) is 6.89. The van der Waals surface area contributed by atoms with Crippen LogP contribution in [0.25, 0.3) is 0 Å². The number of carbonyl (C=O) groups is 2. The number of hydrogen-bond acceptors (Lipinski definition) is 8. The number of rotatable bonds is 26. The first-order valence-corrected chi connectivity index (χ1v) is 16.0. The summed E-state index contributed by atoms with van der Waals surface area (Å²) < 4.78 is 21.7. The molecule has 238 valence electrons. The molecule has 0 bridgehead atoms. The van der Waals surface area contributed by atoms with E-state index in [4.69, 9.17) is 18.9 Å². The van der Waals surface area contributed by atoms with E-state index in [1.165, 1.54) is 45.1 Å². The molecular formula is C35H52N2O6. The highest BCUT2D eigenvalue weighted by molar-refractivity contribution is 5.81. The lowest BCUT2D eigenvalue weighted by Gasteiger charge is -2.12. The number of esters is 2. The molecular weight excluding hydrogens is 544 g/mol. The SMILES string of the molecule is C=CC(=O)OCCCCCCCCCOc1ccc(NNc2ccc(OCCCCCCCCCOC(C)=O)cc2)cc1. The van der Waals surface area contributed by atoms with E-state index in [9.17, 15) is 9.59 Å². The molecule has 0 aromatic heterocycles. The van der Waals surface area contributed by atoms with Crippen molar-refractivity contribution in [1.29, 1.82) is 0 Å². The summed E-state index contributed by atoms with van der Waals surface area (Å²) in [5, 5.41) is 0. The molecule has 0 aliphatic rings. The molecule has 0 radical (unpaired) electrons. The van der Waals surface area contributed by atoms with Crippen molar-refractivity contribution in [3.63, 3.8) is 0 Å². The molecule has 8 heteroatoms. The van der Waals surface area contributed by atoms with Crippen LogP contribution in [0, 0.1) is 0 Å². The van der Waals surface area contributed by atoms with Gasteiger partial charge in [0.2, 0.25) is 0 Å². The van der Waals surface area contributed by atoms with Crippen LogP contribution in [-0.4, -0.2) is 38.4 Å². The van der Waals surface area contributed by atoms with Crippen LogP contribution in [0.15, 0.2) is 61.2 Å². The zero-order valence-corrected chi connectivity index (χ0v) is 26.1. The summed E-state index contributed by atoms with van der Waals surface area (Å²) in [5.41, 5.74) is 8.35. The zero-order chi connectivity index (χ0) is 30.8. The first-order chi connectivity index (χ1) is 21.1. The van der Waals surface area contributed by atoms with Gasteiger partial charge in [-0.05, 0) is 74.2 Å². The van der Waals surface area contributed by atoms with Gasteiger partial charge in [0.05, 0.1) is 37.8 Å². The van der Waals surface area contributed by atoms with Crippen molar-refractivity contribution in [3.05, 3.63) is 61.2 Å². The average Bonchev–Trinajstić information content (AvgIpc) is 3.02. The van der Waals surface area contributed by atoms with Crippen LogP contribution < -0.4 is 20.3 Å². The molecule has 0 unspecified atom stereocenters. The fourth-order valence-corrected chi connectivity index (χ4v) is 4.42. The molecule has 0 saturated heterocycles. The highest BCUT2D eigenvalue weighted by Crippen LogP contribution is 2.19. The predicted molar refractivity (Wildman–Crippen MR) is 174 cm³/mol. The van der Waals surface area contributed by atoms with Gasteiger partial charge in [-0.2, -0.15) is 0 Å². The molecule has 0 amide bonds. The number of ether oxygens (including phenoxy) is 4. The summed E-state index contributed by atoms with van der Waals surface area (Å²) in [5.74, 6) is 1.21. The van der Waals surface area contributed by atoms with Gasteiger partial charge >= 0.3 is 11.9 Å². The number of hydrogen-bond donors (Lipinski definition) is 2. The minimum atomic E-state index is -0.341. The number of hydrazine groups is 1. The maximum absolute atomic E-state index is 11.0. The Bertz CT molecular complexity index is 1010. The molecule has 0 aliphatic carbocycles. The Hall–Kier alpha value is -3.68. The molecule has 2 N–H and O–H groups in total. The van der Waals surface area contributed by atoms with E-state index in [1.807, 2.05) is 48.5 Å². The van der Waals surface area contributed by atoms with Gasteiger partial charge in [-0.25, -0.2) is 4.79 Å². The van der Waals surface area contributed by atoms with Crippen LogP contribution in [0.4, 0.5) is 11.4 Å². The molecule has 0 aliphatic heterocycles. The Balaban J connectivity index is 1.45. The number of anilines is 2. The number of carbonyl (C=O) groups excluding carboxylic acids is 2. The molecule has 8 nitrogen and oxygen atoms in total. The van der Waals surface area contributed by atoms with Crippen molar-refractivity contribution in [1.82, 2.24) is 0 Å². The molecule has 0 saturated carbocycles. The van der Waals surface area contributed by atoms with Gasteiger partial charge in [0.1, 0.15) is 11.5 Å². The fourth-order valence-electron chi connectivity index (χ4n) is 4.42. The maximum atomic E-state index is 11.0. The van der Waals surface area contributed by atoms with E-state index in [1.54, 1.807) is 0 Å². The van der Waals surface area contributed by atoms with Crippen LogP contribution in [0.2, 0.25) is 0 Å². The van der Waals surface area contributed by atoms with Gasteiger partial charge in [0, 0.05) is 13.0 Å². The van der Waals surface area contributed by atoms with Crippen molar-refractivity contribution < 1.29 is 28.5 Å². The third kappa shape index (κ3) is 19.2. The van der Waals surface area contributed by atoms with Gasteiger partial charge in [-0.15, -0.1) is 0 Å². The second kappa shape index (κ2) is 23.8. The molecule has 2 rings (SSSR count). The van der Waals surface area contributed by atoms with E-state index in [0.29, 0.717) is 13.2 Å². The minimum Gasteiger partial charge on any atom is -0.494 e. The van der Waals surface area contributed by atoms with Crippen LogP contribution in [0.5, 0.6) is 11.5 Å². The summed E-state index contributed by atoms with van der Waals surface area (Å²) in [6.07, 6.45) is 16.8. The Morgan fingerprint density at radius 3 is 1.28 bits per heavy atom. The van der Waals surface area contributed by atoms with Gasteiger partial charge in [0.25, 0.3) is 0 Å². The summed E-state index contributed by atoms with van der Waals surface area (Å²) in [6, 6.07) is 15.9. The molecule has 0 atom stereocenters. The summed E-state index contributed by atoms with van der Waals surface area (Å²) >= 11 is 0. The zero-order valence-electron chi connectivity index (χ0n) is 26.1. The van der Waals surface area contributed by atoms with E-state index < -0.39 is 0 Å². The second-order valence-corrected chi connectivity index (χ2v) is 10.7. The van der Waals surface area contributed by atoms with Crippen LogP contribution in [0.3, 0.4) is 0 Å². The Morgan fingerprint density at radius 2 is 0.907 bits per heavy atom. The lowest BCUT2D eigenvalue weighted by Crippen LogP contribution is -2.08. The quantitative estimate of drug-likeness (QED) is 0.0482.